The van der Waals surface area contributed by atoms with E-state index in [0.29, 0.717) is 35.7 Å². The molecule has 0 saturated carbocycles. The van der Waals surface area contributed by atoms with Crippen LogP contribution in [0.4, 0.5) is 0 Å². The van der Waals surface area contributed by atoms with Crippen LogP contribution in [0.15, 0.2) is 17.5 Å². The summed E-state index contributed by atoms with van der Waals surface area (Å²) in [6.45, 7) is 9.60. The summed E-state index contributed by atoms with van der Waals surface area (Å²) < 4.78 is 5.04. The van der Waals surface area contributed by atoms with Gasteiger partial charge in [-0.2, -0.15) is 0 Å². The lowest BCUT2D eigenvalue weighted by Crippen LogP contribution is -2.29. The lowest BCUT2D eigenvalue weighted by molar-refractivity contribution is 0.0519. The first-order valence-electron chi connectivity index (χ1n) is 8.12. The minimum atomic E-state index is -0.414. The predicted molar refractivity (Wildman–Crippen MR) is 95.8 cm³/mol. The number of ketones is 1. The molecule has 1 N–H and O–H groups in total. The van der Waals surface area contributed by atoms with E-state index in [-0.39, 0.29) is 5.78 Å². The molecule has 0 aliphatic carbocycles. The molecule has 0 radical (unpaired) electrons. The molecule has 2 heterocycles. The summed E-state index contributed by atoms with van der Waals surface area (Å²) in [4.78, 5) is 31.1. The number of esters is 1. The van der Waals surface area contributed by atoms with Crippen molar-refractivity contribution in [1.29, 1.82) is 0 Å². The number of thiophene rings is 1. The SMILES string of the molecule is CCOC(=O)c1[nH]c(C)c(C(=O)CN(CC)Cc2cccs2)c1C. The van der Waals surface area contributed by atoms with Gasteiger partial charge >= 0.3 is 5.97 Å². The van der Waals surface area contributed by atoms with E-state index in [1.807, 2.05) is 25.3 Å². The Kier molecular flexibility index (Phi) is 6.34. The van der Waals surface area contributed by atoms with Gasteiger partial charge in [0.1, 0.15) is 5.69 Å². The van der Waals surface area contributed by atoms with Gasteiger partial charge in [0, 0.05) is 22.7 Å². The predicted octanol–water partition coefficient (Wildman–Crippen LogP) is 3.57. The molecule has 130 valence electrons. The van der Waals surface area contributed by atoms with Gasteiger partial charge in [0.05, 0.1) is 13.2 Å². The van der Waals surface area contributed by atoms with E-state index in [1.165, 1.54) is 4.88 Å². The minimum absolute atomic E-state index is 0.0233. The van der Waals surface area contributed by atoms with Crippen molar-refractivity contribution in [1.82, 2.24) is 9.88 Å². The first-order chi connectivity index (χ1) is 11.5. The van der Waals surface area contributed by atoms with Crippen LogP contribution in [0, 0.1) is 13.8 Å². The Morgan fingerprint density at radius 2 is 2.04 bits per heavy atom. The van der Waals surface area contributed by atoms with Crippen LogP contribution in [0.25, 0.3) is 0 Å². The van der Waals surface area contributed by atoms with Crippen LogP contribution in [0.2, 0.25) is 0 Å². The average Bonchev–Trinajstić information content (AvgIpc) is 3.14. The van der Waals surface area contributed by atoms with Gasteiger partial charge in [0.2, 0.25) is 0 Å². The summed E-state index contributed by atoms with van der Waals surface area (Å²) >= 11 is 1.69. The van der Waals surface area contributed by atoms with Crippen LogP contribution < -0.4 is 0 Å². The van der Waals surface area contributed by atoms with Crippen molar-refractivity contribution in [3.63, 3.8) is 0 Å². The molecule has 6 heteroatoms. The lowest BCUT2D eigenvalue weighted by Gasteiger charge is -2.18. The zero-order valence-electron chi connectivity index (χ0n) is 14.6. The third-order valence-corrected chi connectivity index (χ3v) is 4.83. The van der Waals surface area contributed by atoms with E-state index in [4.69, 9.17) is 4.74 Å². The molecular formula is C18H24N2O3S. The Balaban J connectivity index is 2.15. The molecule has 0 bridgehead atoms. The van der Waals surface area contributed by atoms with Crippen molar-refractivity contribution in [3.8, 4) is 0 Å². The fourth-order valence-corrected chi connectivity index (χ4v) is 3.51. The molecule has 24 heavy (non-hydrogen) atoms. The molecule has 0 unspecified atom stereocenters. The average molecular weight is 348 g/mol. The van der Waals surface area contributed by atoms with E-state index < -0.39 is 5.97 Å². The summed E-state index contributed by atoms with van der Waals surface area (Å²) in [5.41, 5.74) is 2.36. The summed E-state index contributed by atoms with van der Waals surface area (Å²) in [7, 11) is 0. The number of aryl methyl sites for hydroxylation is 1. The van der Waals surface area contributed by atoms with Gasteiger partial charge in [-0.1, -0.05) is 13.0 Å². The number of Topliss-reactive ketones (excluding diaryl/α,β-unsaturated/α-hetero) is 1. The number of carbonyl (C=O) groups excluding carboxylic acids is 2. The van der Waals surface area contributed by atoms with Gasteiger partial charge in [-0.15, -0.1) is 11.3 Å². The highest BCUT2D eigenvalue weighted by atomic mass is 32.1. The Morgan fingerprint density at radius 3 is 2.62 bits per heavy atom. The number of H-pyrrole nitrogens is 1. The summed E-state index contributed by atoms with van der Waals surface area (Å²) in [5.74, 6) is -0.390. The second kappa shape index (κ2) is 8.26. The van der Waals surface area contributed by atoms with Gasteiger partial charge in [-0.05, 0) is 44.3 Å². The number of hydrogen-bond acceptors (Lipinski definition) is 5. The fraction of sp³-hybridized carbons (Fsp3) is 0.444. The molecule has 0 aromatic carbocycles. The molecular weight excluding hydrogens is 324 g/mol. The Labute approximate surface area is 146 Å². The van der Waals surface area contributed by atoms with Crippen molar-refractivity contribution < 1.29 is 14.3 Å². The van der Waals surface area contributed by atoms with Gasteiger partial charge < -0.3 is 9.72 Å². The maximum Gasteiger partial charge on any atom is 0.355 e. The fourth-order valence-electron chi connectivity index (χ4n) is 2.76. The largest absolute Gasteiger partial charge is 0.461 e. The zero-order valence-corrected chi connectivity index (χ0v) is 15.5. The number of nitrogens with one attached hydrogen (secondary N) is 1. The topological polar surface area (TPSA) is 62.4 Å². The van der Waals surface area contributed by atoms with Gasteiger partial charge in [-0.25, -0.2) is 4.79 Å². The summed E-state index contributed by atoms with van der Waals surface area (Å²) in [5, 5.41) is 2.04. The smallest absolute Gasteiger partial charge is 0.355 e. The zero-order chi connectivity index (χ0) is 17.7. The lowest BCUT2D eigenvalue weighted by atomic mass is 10.1. The van der Waals surface area contributed by atoms with Crippen LogP contribution in [-0.2, 0) is 11.3 Å². The van der Waals surface area contributed by atoms with Crippen LogP contribution in [-0.4, -0.2) is 41.3 Å². The maximum absolute atomic E-state index is 12.8. The van der Waals surface area contributed by atoms with E-state index in [9.17, 15) is 9.59 Å². The number of hydrogen-bond donors (Lipinski definition) is 1. The molecule has 5 nitrogen and oxygen atoms in total. The molecule has 0 fully saturated rings. The number of aromatic amines is 1. The highest BCUT2D eigenvalue weighted by molar-refractivity contribution is 7.09. The molecule has 0 aliphatic rings. The highest BCUT2D eigenvalue weighted by Gasteiger charge is 2.23. The number of carbonyl (C=O) groups is 2. The minimum Gasteiger partial charge on any atom is -0.461 e. The molecule has 2 rings (SSSR count). The number of ether oxygens (including phenoxy) is 1. The standard InChI is InChI=1S/C18H24N2O3S/c1-5-20(10-14-8-7-9-24-14)11-15(21)16-12(3)17(19-13(16)4)18(22)23-6-2/h7-9,19H,5-6,10-11H2,1-4H3. The second-order valence-electron chi connectivity index (χ2n) is 5.65. The second-order valence-corrected chi connectivity index (χ2v) is 6.68. The van der Waals surface area contributed by atoms with E-state index >= 15 is 0 Å². The molecule has 0 spiro atoms. The maximum atomic E-state index is 12.8. The van der Waals surface area contributed by atoms with Gasteiger partial charge in [-0.3, -0.25) is 9.69 Å². The first-order valence-corrected chi connectivity index (χ1v) is 9.00. The van der Waals surface area contributed by atoms with Crippen LogP contribution in [0.1, 0.15) is 50.8 Å². The summed E-state index contributed by atoms with van der Waals surface area (Å²) in [6, 6.07) is 4.09. The quantitative estimate of drug-likeness (QED) is 0.585. The van der Waals surface area contributed by atoms with Crippen molar-refractivity contribution in [3.05, 3.63) is 44.9 Å². The Hall–Kier alpha value is -1.92. The normalized spacial score (nSPS) is 11.0. The number of likely N-dealkylation sites (N-methyl/N-ethyl adjacent to an activating group) is 1. The highest BCUT2D eigenvalue weighted by Crippen LogP contribution is 2.20. The molecule has 0 atom stereocenters. The van der Waals surface area contributed by atoms with Crippen molar-refractivity contribution >= 4 is 23.1 Å². The van der Waals surface area contributed by atoms with Gasteiger partial charge in [0.25, 0.3) is 0 Å². The first kappa shape index (κ1) is 18.4. The molecule has 0 aliphatic heterocycles. The van der Waals surface area contributed by atoms with E-state index in [1.54, 1.807) is 25.2 Å². The molecule has 2 aromatic heterocycles. The molecule has 0 amide bonds. The van der Waals surface area contributed by atoms with Crippen molar-refractivity contribution in [2.45, 2.75) is 34.2 Å². The van der Waals surface area contributed by atoms with Crippen LogP contribution in [0.5, 0.6) is 0 Å². The Morgan fingerprint density at radius 1 is 1.29 bits per heavy atom. The van der Waals surface area contributed by atoms with E-state index in [0.717, 1.165) is 13.1 Å². The van der Waals surface area contributed by atoms with Crippen molar-refractivity contribution in [2.24, 2.45) is 0 Å². The van der Waals surface area contributed by atoms with Crippen LogP contribution in [0.3, 0.4) is 0 Å². The molecule has 2 aromatic rings. The monoisotopic (exact) mass is 348 g/mol. The molecule has 0 saturated heterocycles. The number of aromatic nitrogens is 1. The van der Waals surface area contributed by atoms with Crippen molar-refractivity contribution in [2.75, 3.05) is 19.7 Å². The summed E-state index contributed by atoms with van der Waals surface area (Å²) in [6.07, 6.45) is 0. The third-order valence-electron chi connectivity index (χ3n) is 3.97. The van der Waals surface area contributed by atoms with E-state index in [2.05, 4.69) is 16.0 Å². The number of rotatable bonds is 8. The van der Waals surface area contributed by atoms with Gasteiger partial charge in [0.15, 0.2) is 5.78 Å². The van der Waals surface area contributed by atoms with Crippen LogP contribution >= 0.6 is 11.3 Å². The number of nitrogens with zero attached hydrogens (tertiary/aromatic N) is 1. The Bertz CT molecular complexity index is 704. The third kappa shape index (κ3) is 4.13.